The molecule has 9 aromatic carbocycles. The van der Waals surface area contributed by atoms with Crippen molar-refractivity contribution in [2.24, 2.45) is 0 Å². The summed E-state index contributed by atoms with van der Waals surface area (Å²) in [7, 11) is 0. The molecular formula is C53H32N2S. The third kappa shape index (κ3) is 4.59. The Hall–Kier alpha value is -7.07. The Morgan fingerprint density at radius 2 is 0.893 bits per heavy atom. The number of hydrogen-bond donors (Lipinski definition) is 0. The molecule has 0 N–H and O–H groups in total. The number of hydrogen-bond acceptors (Lipinski definition) is 2. The molecule has 0 atom stereocenters. The number of thiophene rings is 1. The Bertz CT molecular complexity index is 3520. The first-order valence-corrected chi connectivity index (χ1v) is 19.9. The average Bonchev–Trinajstić information content (AvgIpc) is 3.84. The zero-order chi connectivity index (χ0) is 36.7. The van der Waals surface area contributed by atoms with Crippen LogP contribution in [-0.2, 0) is 0 Å². The van der Waals surface area contributed by atoms with E-state index < -0.39 is 0 Å². The number of nitrogens with zero attached hydrogens (tertiary/aromatic N) is 2. The summed E-state index contributed by atoms with van der Waals surface area (Å²) in [4.78, 5) is 5.63. The lowest BCUT2D eigenvalue weighted by molar-refractivity contribution is 1.09. The maximum absolute atomic E-state index is 5.63. The van der Waals surface area contributed by atoms with Crippen LogP contribution in [0.25, 0.3) is 114 Å². The van der Waals surface area contributed by atoms with Crippen LogP contribution in [0, 0.1) is 0 Å². The summed E-state index contributed by atoms with van der Waals surface area (Å²) in [6.07, 6.45) is 0. The zero-order valence-electron chi connectivity index (χ0n) is 30.3. The first kappa shape index (κ1) is 31.3. The highest BCUT2D eigenvalue weighted by Gasteiger charge is 2.25. The Labute approximate surface area is 327 Å². The van der Waals surface area contributed by atoms with Crippen molar-refractivity contribution in [2.75, 3.05) is 0 Å². The molecule has 56 heavy (non-hydrogen) atoms. The molecule has 0 amide bonds. The predicted octanol–water partition coefficient (Wildman–Crippen LogP) is 15.0. The number of para-hydroxylation sites is 1. The molecule has 0 unspecified atom stereocenters. The van der Waals surface area contributed by atoms with Crippen molar-refractivity contribution in [1.82, 2.24) is 9.55 Å². The molecule has 0 bridgehead atoms. The van der Waals surface area contributed by atoms with E-state index in [1.165, 1.54) is 79.9 Å². The van der Waals surface area contributed by atoms with E-state index in [1.807, 2.05) is 11.3 Å². The molecule has 0 aliphatic rings. The van der Waals surface area contributed by atoms with Crippen LogP contribution in [0.1, 0.15) is 0 Å². The first-order valence-electron chi connectivity index (χ1n) is 19.1. The quantitative estimate of drug-likeness (QED) is 0.165. The molecule has 0 aliphatic carbocycles. The average molecular weight is 729 g/mol. The van der Waals surface area contributed by atoms with Gasteiger partial charge in [0, 0.05) is 42.6 Å². The number of rotatable bonds is 4. The molecule has 2 nitrogen and oxygen atoms in total. The topological polar surface area (TPSA) is 17.8 Å². The van der Waals surface area contributed by atoms with Gasteiger partial charge < -0.3 is 0 Å². The van der Waals surface area contributed by atoms with Crippen molar-refractivity contribution < 1.29 is 0 Å². The van der Waals surface area contributed by atoms with Crippen molar-refractivity contribution in [1.29, 1.82) is 0 Å². The normalized spacial score (nSPS) is 11.9. The summed E-state index contributed by atoms with van der Waals surface area (Å²) in [6.45, 7) is 0. The van der Waals surface area contributed by atoms with Crippen molar-refractivity contribution in [3.8, 4) is 39.3 Å². The molecule has 0 fully saturated rings. The lowest BCUT2D eigenvalue weighted by Gasteiger charge is -2.16. The second-order valence-corrected chi connectivity index (χ2v) is 15.7. The van der Waals surface area contributed by atoms with Crippen LogP contribution in [0.2, 0.25) is 0 Å². The largest absolute Gasteiger partial charge is 0.292 e. The minimum atomic E-state index is 0.904. The van der Waals surface area contributed by atoms with Crippen molar-refractivity contribution in [2.45, 2.75) is 0 Å². The lowest BCUT2D eigenvalue weighted by Crippen LogP contribution is -2.00. The van der Waals surface area contributed by atoms with Crippen molar-refractivity contribution in [3.63, 3.8) is 0 Å². The van der Waals surface area contributed by atoms with Crippen molar-refractivity contribution in [3.05, 3.63) is 194 Å². The molecule has 0 saturated carbocycles. The molecule has 3 aromatic heterocycles. The number of benzene rings is 9. The summed E-state index contributed by atoms with van der Waals surface area (Å²) >= 11 is 1.90. The molecule has 0 aliphatic heterocycles. The summed E-state index contributed by atoms with van der Waals surface area (Å²) in [6, 6.07) is 70.5. The summed E-state index contributed by atoms with van der Waals surface area (Å²) in [5.41, 5.74) is 9.03. The van der Waals surface area contributed by atoms with Gasteiger partial charge >= 0.3 is 0 Å². The van der Waals surface area contributed by atoms with E-state index in [4.69, 9.17) is 4.98 Å². The van der Waals surface area contributed by atoms with Gasteiger partial charge in [0.1, 0.15) is 5.82 Å². The summed E-state index contributed by atoms with van der Waals surface area (Å²) < 4.78 is 5.03. The molecule has 0 radical (unpaired) electrons. The summed E-state index contributed by atoms with van der Waals surface area (Å²) in [5.74, 6) is 0.904. The van der Waals surface area contributed by atoms with Gasteiger partial charge in [-0.05, 0) is 74.1 Å². The monoisotopic (exact) mass is 728 g/mol. The minimum Gasteiger partial charge on any atom is -0.292 e. The zero-order valence-corrected chi connectivity index (χ0v) is 31.1. The third-order valence-electron chi connectivity index (χ3n) is 11.5. The highest BCUT2D eigenvalue weighted by atomic mass is 32.1. The van der Waals surface area contributed by atoms with E-state index in [0.29, 0.717) is 0 Å². The second kappa shape index (κ2) is 12.2. The number of fused-ring (bicyclic) bond motifs is 15. The standard InChI is InChI=1S/C53H32N2S/c1-3-16-33(17-4-1)35-20-15-21-36(30-35)44-31-37(34-18-5-2-6-19-34)32-47(54-44)55-45-28-13-11-26-42(45)50-48-40-24-9-7-22-38(40)39-23-8-10-25-41(39)49(48)51-43-27-12-14-29-46(43)56-53(51)52(50)55/h1-32H. The van der Waals surface area contributed by atoms with Gasteiger partial charge in [0.15, 0.2) is 0 Å². The van der Waals surface area contributed by atoms with Gasteiger partial charge in [-0.2, -0.15) is 0 Å². The van der Waals surface area contributed by atoms with Gasteiger partial charge in [-0.15, -0.1) is 11.3 Å². The molecule has 3 heteroatoms. The van der Waals surface area contributed by atoms with Crippen LogP contribution in [-0.4, -0.2) is 9.55 Å². The van der Waals surface area contributed by atoms with Gasteiger partial charge in [0.25, 0.3) is 0 Å². The molecule has 0 spiro atoms. The highest BCUT2D eigenvalue weighted by molar-refractivity contribution is 7.27. The van der Waals surface area contributed by atoms with E-state index in [2.05, 4.69) is 199 Å². The fourth-order valence-corrected chi connectivity index (χ4v) is 10.4. The van der Waals surface area contributed by atoms with E-state index in [-0.39, 0.29) is 0 Å². The Morgan fingerprint density at radius 1 is 0.357 bits per heavy atom. The maximum atomic E-state index is 5.63. The second-order valence-electron chi connectivity index (χ2n) is 14.6. The Balaban J connectivity index is 1.28. The number of aromatic nitrogens is 2. The molecule has 3 heterocycles. The van der Waals surface area contributed by atoms with Crippen LogP contribution in [0.5, 0.6) is 0 Å². The van der Waals surface area contributed by atoms with Gasteiger partial charge in [0.05, 0.1) is 21.4 Å². The molecule has 0 saturated heterocycles. The fourth-order valence-electron chi connectivity index (χ4n) is 9.13. The lowest BCUT2D eigenvalue weighted by atomic mass is 9.89. The number of pyridine rings is 1. The molecule has 260 valence electrons. The molecular weight excluding hydrogens is 697 g/mol. The van der Waals surface area contributed by atoms with Crippen molar-refractivity contribution >= 4 is 85.6 Å². The van der Waals surface area contributed by atoms with E-state index >= 15 is 0 Å². The SMILES string of the molecule is c1ccc(-c2cccc(-c3cc(-c4ccccc4)cc(-n4c5ccccc5c5c6c7ccccc7c7ccccc7c6c6c7ccccc7sc6c54)n3)c2)cc1. The smallest absolute Gasteiger partial charge is 0.138 e. The van der Waals surface area contributed by atoms with Crippen LogP contribution in [0.4, 0.5) is 0 Å². The van der Waals surface area contributed by atoms with Crippen LogP contribution in [0.3, 0.4) is 0 Å². The molecule has 12 aromatic rings. The third-order valence-corrected chi connectivity index (χ3v) is 12.7. The maximum Gasteiger partial charge on any atom is 0.138 e. The Morgan fingerprint density at radius 3 is 1.61 bits per heavy atom. The highest BCUT2D eigenvalue weighted by Crippen LogP contribution is 2.51. The predicted molar refractivity (Wildman–Crippen MR) is 240 cm³/mol. The Kier molecular flexibility index (Phi) is 6.83. The first-order chi connectivity index (χ1) is 27.8. The van der Waals surface area contributed by atoms with Crippen LogP contribution >= 0.6 is 11.3 Å². The van der Waals surface area contributed by atoms with Gasteiger partial charge in [-0.3, -0.25) is 4.57 Å². The van der Waals surface area contributed by atoms with E-state index in [1.54, 1.807) is 0 Å². The van der Waals surface area contributed by atoms with Crippen LogP contribution in [0.15, 0.2) is 194 Å². The fraction of sp³-hybridized carbons (Fsp3) is 0. The minimum absolute atomic E-state index is 0.904. The molecule has 12 rings (SSSR count). The van der Waals surface area contributed by atoms with E-state index in [9.17, 15) is 0 Å². The van der Waals surface area contributed by atoms with Gasteiger partial charge in [-0.25, -0.2) is 4.98 Å². The van der Waals surface area contributed by atoms with Crippen LogP contribution < -0.4 is 0 Å². The van der Waals surface area contributed by atoms with E-state index in [0.717, 1.165) is 33.7 Å². The summed E-state index contributed by atoms with van der Waals surface area (Å²) in [5, 5.41) is 12.9. The van der Waals surface area contributed by atoms with Gasteiger partial charge in [-0.1, -0.05) is 164 Å². The van der Waals surface area contributed by atoms with Gasteiger partial charge in [0.2, 0.25) is 0 Å².